The van der Waals surface area contributed by atoms with Crippen molar-refractivity contribution >= 4 is 21.2 Å². The molecule has 3 atom stereocenters. The molecule has 4 nitrogen and oxygen atoms in total. The van der Waals surface area contributed by atoms with Crippen LogP contribution < -0.4 is 0 Å². The van der Waals surface area contributed by atoms with Crippen LogP contribution in [0.2, 0.25) is 0 Å². The zero-order valence-corrected chi connectivity index (χ0v) is 14.8. The lowest BCUT2D eigenvalue weighted by Gasteiger charge is -2.30. The van der Waals surface area contributed by atoms with Crippen LogP contribution in [0.4, 0.5) is 0 Å². The molecule has 0 saturated heterocycles. The maximum absolute atomic E-state index is 11.7. The average Bonchev–Trinajstić information content (AvgIpc) is 2.86. The molecule has 0 aromatic carbocycles. The first-order valence-electron chi connectivity index (χ1n) is 7.42. The molecule has 1 aromatic rings. The molecule has 0 aliphatic heterocycles. The Labute approximate surface area is 131 Å². The van der Waals surface area contributed by atoms with E-state index in [9.17, 15) is 13.5 Å². The molecular weight excluding hydrogens is 306 g/mol. The van der Waals surface area contributed by atoms with Crippen molar-refractivity contribution in [1.29, 1.82) is 0 Å². The van der Waals surface area contributed by atoms with Gasteiger partial charge in [-0.2, -0.15) is 0 Å². The molecule has 1 aliphatic rings. The smallest absolute Gasteiger partial charge is 0.150 e. The standard InChI is InChI=1S/C15H25NO3S2/c1-15(2,3)14-16-12(9-20-14)13(17)10-6-5-7-11(8-10)21(4,18)19/h9-11,13,17H,5-8H2,1-4H3. The van der Waals surface area contributed by atoms with E-state index in [2.05, 4.69) is 25.8 Å². The van der Waals surface area contributed by atoms with E-state index in [-0.39, 0.29) is 16.6 Å². The predicted molar refractivity (Wildman–Crippen MR) is 86.4 cm³/mol. The topological polar surface area (TPSA) is 67.3 Å². The van der Waals surface area contributed by atoms with Gasteiger partial charge in [0.2, 0.25) is 0 Å². The fourth-order valence-electron chi connectivity index (χ4n) is 2.86. The van der Waals surface area contributed by atoms with Gasteiger partial charge in [0.25, 0.3) is 0 Å². The van der Waals surface area contributed by atoms with Gasteiger partial charge in [-0.15, -0.1) is 11.3 Å². The lowest BCUT2D eigenvalue weighted by molar-refractivity contribution is 0.0823. The maximum Gasteiger partial charge on any atom is 0.150 e. The predicted octanol–water partition coefficient (Wildman–Crippen LogP) is 3.08. The fourth-order valence-corrected chi connectivity index (χ4v) is 4.99. The van der Waals surface area contributed by atoms with Gasteiger partial charge < -0.3 is 5.11 Å². The number of hydrogen-bond donors (Lipinski definition) is 1. The van der Waals surface area contributed by atoms with E-state index in [1.165, 1.54) is 6.26 Å². The first kappa shape index (κ1) is 16.9. The molecule has 0 radical (unpaired) electrons. The van der Waals surface area contributed by atoms with Gasteiger partial charge in [-0.1, -0.05) is 27.2 Å². The van der Waals surface area contributed by atoms with Crippen molar-refractivity contribution < 1.29 is 13.5 Å². The SMILES string of the molecule is CC(C)(C)c1nc(C(O)C2CCCC(S(C)(=O)=O)C2)cs1. The van der Waals surface area contributed by atoms with Crippen LogP contribution in [-0.4, -0.2) is 30.0 Å². The summed E-state index contributed by atoms with van der Waals surface area (Å²) in [5.41, 5.74) is 0.675. The molecule has 6 heteroatoms. The molecule has 21 heavy (non-hydrogen) atoms. The number of thiazole rings is 1. The lowest BCUT2D eigenvalue weighted by atomic mass is 9.84. The molecule has 120 valence electrons. The Morgan fingerprint density at radius 1 is 1.38 bits per heavy atom. The number of aliphatic hydroxyl groups is 1. The van der Waals surface area contributed by atoms with Crippen molar-refractivity contribution in [2.75, 3.05) is 6.26 Å². The van der Waals surface area contributed by atoms with E-state index < -0.39 is 15.9 Å². The first-order chi connectivity index (χ1) is 9.59. The molecule has 3 unspecified atom stereocenters. The van der Waals surface area contributed by atoms with Gasteiger partial charge in [0.1, 0.15) is 9.84 Å². The van der Waals surface area contributed by atoms with E-state index in [0.717, 1.165) is 17.8 Å². The van der Waals surface area contributed by atoms with Gasteiger partial charge in [0.15, 0.2) is 0 Å². The quantitative estimate of drug-likeness (QED) is 0.924. The Morgan fingerprint density at radius 3 is 2.57 bits per heavy atom. The molecule has 1 aromatic heterocycles. The van der Waals surface area contributed by atoms with Crippen LogP contribution in [0.5, 0.6) is 0 Å². The average molecular weight is 332 g/mol. The molecule has 1 heterocycles. The minimum Gasteiger partial charge on any atom is -0.386 e. The van der Waals surface area contributed by atoms with Gasteiger partial charge >= 0.3 is 0 Å². The molecule has 0 spiro atoms. The molecule has 1 aliphatic carbocycles. The van der Waals surface area contributed by atoms with E-state index in [1.54, 1.807) is 11.3 Å². The largest absolute Gasteiger partial charge is 0.386 e. The number of hydrogen-bond acceptors (Lipinski definition) is 5. The van der Waals surface area contributed by atoms with Crippen LogP contribution in [0.15, 0.2) is 5.38 Å². The third-order valence-electron chi connectivity index (χ3n) is 4.19. The van der Waals surface area contributed by atoms with Crippen LogP contribution in [-0.2, 0) is 15.3 Å². The van der Waals surface area contributed by atoms with Crippen molar-refractivity contribution in [3.63, 3.8) is 0 Å². The third-order valence-corrected chi connectivity index (χ3v) is 7.11. The molecule has 0 bridgehead atoms. The van der Waals surface area contributed by atoms with Gasteiger partial charge in [0.05, 0.1) is 22.1 Å². The maximum atomic E-state index is 11.7. The Balaban J connectivity index is 2.12. The van der Waals surface area contributed by atoms with Crippen molar-refractivity contribution in [2.24, 2.45) is 5.92 Å². The van der Waals surface area contributed by atoms with Crippen molar-refractivity contribution in [3.05, 3.63) is 16.1 Å². The number of aliphatic hydroxyl groups excluding tert-OH is 1. The van der Waals surface area contributed by atoms with Crippen molar-refractivity contribution in [3.8, 4) is 0 Å². The number of rotatable bonds is 3. The highest BCUT2D eigenvalue weighted by atomic mass is 32.2. The van der Waals surface area contributed by atoms with Crippen LogP contribution in [0, 0.1) is 5.92 Å². The Morgan fingerprint density at radius 2 is 2.05 bits per heavy atom. The van der Waals surface area contributed by atoms with Gasteiger partial charge in [0, 0.05) is 17.1 Å². The normalized spacial score (nSPS) is 25.8. The van der Waals surface area contributed by atoms with Crippen LogP contribution >= 0.6 is 11.3 Å². The van der Waals surface area contributed by atoms with E-state index in [1.807, 2.05) is 5.38 Å². The summed E-state index contributed by atoms with van der Waals surface area (Å²) in [6.07, 6.45) is 3.63. The van der Waals surface area contributed by atoms with Gasteiger partial charge in [-0.3, -0.25) is 0 Å². The van der Waals surface area contributed by atoms with Gasteiger partial charge in [-0.05, 0) is 25.2 Å². The van der Waals surface area contributed by atoms with E-state index >= 15 is 0 Å². The summed E-state index contributed by atoms with van der Waals surface area (Å²) in [4.78, 5) is 4.56. The number of aromatic nitrogens is 1. The molecule has 1 saturated carbocycles. The summed E-state index contributed by atoms with van der Waals surface area (Å²) in [7, 11) is -3.02. The van der Waals surface area contributed by atoms with Crippen molar-refractivity contribution in [2.45, 2.75) is 63.2 Å². The summed E-state index contributed by atoms with van der Waals surface area (Å²) in [6, 6.07) is 0. The zero-order chi connectivity index (χ0) is 15.8. The van der Waals surface area contributed by atoms with Crippen LogP contribution in [0.3, 0.4) is 0 Å². The second-order valence-corrected chi connectivity index (χ2v) is 10.3. The summed E-state index contributed by atoms with van der Waals surface area (Å²) < 4.78 is 23.5. The summed E-state index contributed by atoms with van der Waals surface area (Å²) in [5.74, 6) is -0.00612. The number of sulfone groups is 1. The lowest BCUT2D eigenvalue weighted by Crippen LogP contribution is -2.30. The Kier molecular flexibility index (Phi) is 4.81. The second kappa shape index (κ2) is 5.97. The Bertz CT molecular complexity index is 586. The van der Waals surface area contributed by atoms with E-state index in [4.69, 9.17) is 0 Å². The highest BCUT2D eigenvalue weighted by Gasteiger charge is 2.34. The zero-order valence-electron chi connectivity index (χ0n) is 13.2. The Hall–Kier alpha value is -0.460. The molecule has 2 rings (SSSR count). The second-order valence-electron chi connectivity index (χ2n) is 7.15. The molecule has 1 fully saturated rings. The summed E-state index contributed by atoms with van der Waals surface area (Å²) in [6.45, 7) is 6.30. The summed E-state index contributed by atoms with van der Waals surface area (Å²) in [5, 5.41) is 13.2. The van der Waals surface area contributed by atoms with E-state index in [0.29, 0.717) is 18.5 Å². The van der Waals surface area contributed by atoms with Crippen molar-refractivity contribution in [1.82, 2.24) is 4.98 Å². The van der Waals surface area contributed by atoms with Gasteiger partial charge in [-0.25, -0.2) is 13.4 Å². The highest BCUT2D eigenvalue weighted by molar-refractivity contribution is 7.91. The minimum absolute atomic E-state index is 0.00612. The monoisotopic (exact) mass is 331 g/mol. The minimum atomic E-state index is -3.02. The highest BCUT2D eigenvalue weighted by Crippen LogP contribution is 2.38. The van der Waals surface area contributed by atoms with Crippen LogP contribution in [0.25, 0.3) is 0 Å². The molecular formula is C15H25NO3S2. The van der Waals surface area contributed by atoms with Crippen LogP contribution in [0.1, 0.15) is 63.3 Å². The fraction of sp³-hybridized carbons (Fsp3) is 0.800. The first-order valence-corrected chi connectivity index (χ1v) is 10.3. The molecule has 1 N–H and O–H groups in total. The number of nitrogens with zero attached hydrogens (tertiary/aromatic N) is 1. The third kappa shape index (κ3) is 4.05. The summed E-state index contributed by atoms with van der Waals surface area (Å²) >= 11 is 1.57. The molecule has 0 amide bonds.